The molecule has 10 nitrogen and oxygen atoms in total. The quantitative estimate of drug-likeness (QED) is 0.174. The number of nitrogens with two attached hydrogens (primary N) is 1. The van der Waals surface area contributed by atoms with Crippen LogP contribution in [0.3, 0.4) is 0 Å². The Hall–Kier alpha value is -4.74. The van der Waals surface area contributed by atoms with Gasteiger partial charge in [-0.25, -0.2) is 4.79 Å². The Balaban J connectivity index is 1.66. The van der Waals surface area contributed by atoms with Crippen molar-refractivity contribution in [2.75, 3.05) is 7.11 Å². The Labute approximate surface area is 232 Å². The molecule has 6 N–H and O–H groups in total. The number of rotatable bonds is 7. The van der Waals surface area contributed by atoms with Gasteiger partial charge in [-0.2, -0.15) is 10.2 Å². The molecule has 40 heavy (non-hydrogen) atoms. The molecule has 202 valence electrons. The van der Waals surface area contributed by atoms with Gasteiger partial charge in [-0.1, -0.05) is 12.1 Å². The van der Waals surface area contributed by atoms with E-state index in [1.54, 1.807) is 55.6 Å². The summed E-state index contributed by atoms with van der Waals surface area (Å²) in [5, 5.41) is 26.4. The van der Waals surface area contributed by atoms with Crippen LogP contribution in [-0.2, 0) is 11.2 Å². The highest BCUT2D eigenvalue weighted by Crippen LogP contribution is 2.45. The van der Waals surface area contributed by atoms with Gasteiger partial charge in [-0.3, -0.25) is 15.0 Å². The molecule has 0 spiro atoms. The van der Waals surface area contributed by atoms with E-state index < -0.39 is 17.5 Å². The van der Waals surface area contributed by atoms with Crippen molar-refractivity contribution in [3.8, 4) is 33.0 Å². The number of aromatic nitrogens is 5. The van der Waals surface area contributed by atoms with Gasteiger partial charge in [0.15, 0.2) is 0 Å². The van der Waals surface area contributed by atoms with Crippen molar-refractivity contribution >= 4 is 44.3 Å². The highest BCUT2D eigenvalue weighted by atomic mass is 32.1. The van der Waals surface area contributed by atoms with E-state index in [1.165, 1.54) is 7.11 Å². The van der Waals surface area contributed by atoms with Crippen molar-refractivity contribution in [1.29, 1.82) is 0 Å². The summed E-state index contributed by atoms with van der Waals surface area (Å²) in [6.45, 7) is 3.44. The number of esters is 1. The molecule has 0 saturated heterocycles. The van der Waals surface area contributed by atoms with Crippen molar-refractivity contribution in [3.05, 3.63) is 71.5 Å². The Morgan fingerprint density at radius 2 is 1.85 bits per heavy atom. The smallest absolute Gasteiger partial charge is 0.337 e. The molecule has 1 amide bonds. The van der Waals surface area contributed by atoms with Crippen LogP contribution in [0.15, 0.2) is 54.9 Å². The summed E-state index contributed by atoms with van der Waals surface area (Å²) in [6.07, 6.45) is 3.88. The highest BCUT2D eigenvalue weighted by molar-refractivity contribution is 7.22. The molecule has 4 heterocycles. The van der Waals surface area contributed by atoms with Gasteiger partial charge in [0, 0.05) is 45.1 Å². The second-order valence-electron chi connectivity index (χ2n) is 10.3. The first-order valence-corrected chi connectivity index (χ1v) is 13.3. The zero-order chi connectivity index (χ0) is 28.2. The monoisotopic (exact) mass is 554 g/mol. The van der Waals surface area contributed by atoms with Crippen LogP contribution in [0.5, 0.6) is 0 Å². The number of ether oxygens (including phenoxy) is 1. The fourth-order valence-corrected chi connectivity index (χ4v) is 6.13. The van der Waals surface area contributed by atoms with E-state index in [4.69, 9.17) is 10.5 Å². The third-order valence-corrected chi connectivity index (χ3v) is 7.93. The van der Waals surface area contributed by atoms with E-state index >= 15 is 0 Å². The van der Waals surface area contributed by atoms with E-state index in [2.05, 4.69) is 25.4 Å². The summed E-state index contributed by atoms with van der Waals surface area (Å²) in [6, 6.07) is 12.6. The number of thiophene rings is 1. The van der Waals surface area contributed by atoms with Crippen LogP contribution < -0.4 is 5.73 Å². The lowest BCUT2D eigenvalue weighted by molar-refractivity contribution is 0.0598. The maximum Gasteiger partial charge on any atom is 0.337 e. The van der Waals surface area contributed by atoms with Crippen molar-refractivity contribution in [2.24, 2.45) is 5.73 Å². The maximum atomic E-state index is 12.6. The van der Waals surface area contributed by atoms with Crippen LogP contribution in [0.2, 0.25) is 0 Å². The molecular formula is C29H26N6O4S. The van der Waals surface area contributed by atoms with E-state index in [0.29, 0.717) is 22.3 Å². The molecule has 0 atom stereocenters. The second-order valence-corrected chi connectivity index (χ2v) is 11.3. The number of aliphatic hydroxyl groups is 1. The fourth-order valence-electron chi connectivity index (χ4n) is 5.04. The lowest BCUT2D eigenvalue weighted by atomic mass is 9.90. The molecule has 0 aliphatic rings. The first-order valence-electron chi connectivity index (χ1n) is 12.5. The summed E-state index contributed by atoms with van der Waals surface area (Å²) in [4.78, 5) is 28.9. The van der Waals surface area contributed by atoms with Gasteiger partial charge < -0.3 is 20.6 Å². The molecule has 0 bridgehead atoms. The molecule has 0 unspecified atom stereocenters. The van der Waals surface area contributed by atoms with Gasteiger partial charge >= 0.3 is 5.97 Å². The van der Waals surface area contributed by atoms with Gasteiger partial charge in [0.1, 0.15) is 5.69 Å². The standard InChI is InChI=1S/C29H26N6O4S/c1-29(2,38)11-17-8-16(28(37)39-3)9-19-22(17)23(14-4-6-15(7-5-14)27(30)36)24(33-19)25-26-20(34-35-25)10-21(40-26)18-12-31-32-13-18/h4-10,12-13,33,38H,11H2,1-3H3,(H2,30,36)(H,31,32)(H,34,35). The average Bonchev–Trinajstić information content (AvgIpc) is 3.70. The summed E-state index contributed by atoms with van der Waals surface area (Å²) in [5.74, 6) is -0.997. The van der Waals surface area contributed by atoms with E-state index in [0.717, 1.165) is 48.4 Å². The molecular weight excluding hydrogens is 528 g/mol. The van der Waals surface area contributed by atoms with Crippen LogP contribution in [0.1, 0.15) is 40.1 Å². The van der Waals surface area contributed by atoms with Crippen molar-refractivity contribution < 1.29 is 19.4 Å². The lowest BCUT2D eigenvalue weighted by Gasteiger charge is -2.19. The lowest BCUT2D eigenvalue weighted by Crippen LogP contribution is -2.22. The Bertz CT molecular complexity index is 1890. The zero-order valence-corrected chi connectivity index (χ0v) is 22.8. The molecule has 0 aliphatic carbocycles. The van der Waals surface area contributed by atoms with Gasteiger partial charge in [0.2, 0.25) is 5.91 Å². The van der Waals surface area contributed by atoms with Gasteiger partial charge in [0.05, 0.1) is 40.4 Å². The molecule has 2 aromatic carbocycles. The Morgan fingerprint density at radius 3 is 2.50 bits per heavy atom. The van der Waals surface area contributed by atoms with Gasteiger partial charge in [0.25, 0.3) is 0 Å². The third kappa shape index (κ3) is 4.44. The molecule has 0 radical (unpaired) electrons. The van der Waals surface area contributed by atoms with E-state index in [-0.39, 0.29) is 6.42 Å². The molecule has 6 rings (SSSR count). The second kappa shape index (κ2) is 9.47. The number of aromatic amines is 3. The number of nitrogens with one attached hydrogen (secondary N) is 3. The SMILES string of the molecule is COC(=O)c1cc(CC(C)(C)O)c2c(-c3ccc(C(N)=O)cc3)c(-c3n[nH]c4cc(-c5cn[nH]c5)sc34)[nH]c2c1. The maximum absolute atomic E-state index is 12.6. The van der Waals surface area contributed by atoms with Crippen LogP contribution >= 0.6 is 11.3 Å². The number of methoxy groups -OCH3 is 1. The normalized spacial score (nSPS) is 11.9. The van der Waals surface area contributed by atoms with Crippen molar-refractivity contribution in [2.45, 2.75) is 25.9 Å². The minimum absolute atomic E-state index is 0.275. The molecule has 0 fully saturated rings. The van der Waals surface area contributed by atoms with Crippen LogP contribution in [-0.4, -0.2) is 55.1 Å². The molecule has 4 aromatic heterocycles. The number of amides is 1. The predicted octanol–water partition coefficient (Wildman–Crippen LogP) is 5.03. The number of nitrogens with zero attached hydrogens (tertiary/aromatic N) is 2. The van der Waals surface area contributed by atoms with Crippen molar-refractivity contribution in [1.82, 2.24) is 25.4 Å². The summed E-state index contributed by atoms with van der Waals surface area (Å²) in [5.41, 5.74) is 11.6. The fraction of sp³-hybridized carbons (Fsp3) is 0.172. The van der Waals surface area contributed by atoms with Crippen LogP contribution in [0.4, 0.5) is 0 Å². The van der Waals surface area contributed by atoms with Crippen LogP contribution in [0, 0.1) is 0 Å². The number of hydrogen-bond acceptors (Lipinski definition) is 7. The highest BCUT2D eigenvalue weighted by Gasteiger charge is 2.26. The van der Waals surface area contributed by atoms with Gasteiger partial charge in [-0.05, 0) is 55.3 Å². The minimum atomic E-state index is -1.06. The first-order chi connectivity index (χ1) is 19.1. The number of hydrogen-bond donors (Lipinski definition) is 5. The zero-order valence-electron chi connectivity index (χ0n) is 22.0. The molecule has 0 saturated carbocycles. The first kappa shape index (κ1) is 25.5. The minimum Gasteiger partial charge on any atom is -0.465 e. The molecule has 0 aliphatic heterocycles. The van der Waals surface area contributed by atoms with E-state index in [1.807, 2.05) is 24.4 Å². The largest absolute Gasteiger partial charge is 0.465 e. The summed E-state index contributed by atoms with van der Waals surface area (Å²) >= 11 is 1.58. The number of benzene rings is 2. The predicted molar refractivity (Wildman–Crippen MR) is 154 cm³/mol. The summed E-state index contributed by atoms with van der Waals surface area (Å²) < 4.78 is 5.95. The number of carbonyl (C=O) groups excluding carboxylic acids is 2. The molecule has 11 heteroatoms. The average molecular weight is 555 g/mol. The summed E-state index contributed by atoms with van der Waals surface area (Å²) in [7, 11) is 1.34. The number of fused-ring (bicyclic) bond motifs is 2. The number of H-pyrrole nitrogens is 3. The third-order valence-electron chi connectivity index (χ3n) is 6.74. The Morgan fingerprint density at radius 1 is 1.07 bits per heavy atom. The number of primary amides is 1. The van der Waals surface area contributed by atoms with Gasteiger partial charge in [-0.15, -0.1) is 11.3 Å². The number of carbonyl (C=O) groups is 2. The topological polar surface area (TPSA) is 163 Å². The van der Waals surface area contributed by atoms with E-state index in [9.17, 15) is 14.7 Å². The Kier molecular flexibility index (Phi) is 6.05. The van der Waals surface area contributed by atoms with Crippen molar-refractivity contribution in [3.63, 3.8) is 0 Å². The van der Waals surface area contributed by atoms with Crippen LogP contribution in [0.25, 0.3) is 54.1 Å². The molecule has 6 aromatic rings.